The molecule has 6 aromatic rings. The summed E-state index contributed by atoms with van der Waals surface area (Å²) in [5, 5.41) is 0. The summed E-state index contributed by atoms with van der Waals surface area (Å²) in [7, 11) is 0. The molecule has 6 rings (SSSR count). The van der Waals surface area contributed by atoms with Crippen molar-refractivity contribution in [3.8, 4) is 40.4 Å². The third kappa shape index (κ3) is 8.53. The second-order valence-electron chi connectivity index (χ2n) is 12.9. The minimum absolute atomic E-state index is 1.05. The molecule has 5 aromatic heterocycles. The number of thiophene rings is 4. The normalized spacial score (nSPS) is 11.7. The van der Waals surface area contributed by atoms with Crippen molar-refractivity contribution < 1.29 is 0 Å². The summed E-state index contributed by atoms with van der Waals surface area (Å²) in [6.07, 6.45) is 18.2. The van der Waals surface area contributed by atoms with Crippen molar-refractivity contribution in [1.29, 1.82) is 0 Å². The smallest absolute Gasteiger partial charge is 0.114 e. The largest absolute Gasteiger partial charge is 0.172 e. The summed E-state index contributed by atoms with van der Waals surface area (Å²) in [6, 6.07) is 18.7. The zero-order valence-electron chi connectivity index (χ0n) is 28.5. The highest BCUT2D eigenvalue weighted by Crippen LogP contribution is 2.47. The van der Waals surface area contributed by atoms with E-state index in [0.717, 1.165) is 23.9 Å². The van der Waals surface area contributed by atoms with Crippen LogP contribution in [0.2, 0.25) is 0 Å². The molecule has 0 saturated heterocycles. The molecule has 0 spiro atoms. The highest BCUT2D eigenvalue weighted by Gasteiger charge is 2.21. The lowest BCUT2D eigenvalue weighted by Gasteiger charge is -2.04. The number of aromatic nitrogens is 2. The summed E-state index contributed by atoms with van der Waals surface area (Å²) in [5.41, 5.74) is 7.54. The van der Waals surface area contributed by atoms with Crippen LogP contribution in [0.1, 0.15) is 112 Å². The molecule has 0 unspecified atom stereocenters. The SMILES string of the molecule is CCCCCCCCc1cc(-c2ccc(-c3cc(CCCCCCCC)c(-c4ccc(C)s4)s3)c3nsnc23)sc1-c1ccc(C)s1. The molecule has 1 aromatic carbocycles. The molecule has 0 saturated carbocycles. The van der Waals surface area contributed by atoms with Gasteiger partial charge in [-0.15, -0.1) is 45.3 Å². The average molecular weight is 717 g/mol. The van der Waals surface area contributed by atoms with Crippen LogP contribution in [0.3, 0.4) is 0 Å². The van der Waals surface area contributed by atoms with Gasteiger partial charge < -0.3 is 0 Å². The van der Waals surface area contributed by atoms with Crippen LogP contribution in [0, 0.1) is 13.8 Å². The van der Waals surface area contributed by atoms with Crippen molar-refractivity contribution in [2.24, 2.45) is 0 Å². The van der Waals surface area contributed by atoms with E-state index in [1.807, 2.05) is 45.3 Å². The lowest BCUT2D eigenvalue weighted by molar-refractivity contribution is 0.608. The van der Waals surface area contributed by atoms with Gasteiger partial charge in [0.15, 0.2) is 0 Å². The standard InChI is InChI=1S/C40H48N2S5/c1-5-7-9-11-13-15-17-29-25-35(45-39(29)33-23-19-27(3)43-33)31-21-22-32(38-37(31)41-47-42-38)36-26-30(18-16-14-12-10-8-6-2)40(46-36)34-24-20-28(4)44-34/h19-26H,5-18H2,1-4H3. The quantitative estimate of drug-likeness (QED) is 0.0828. The van der Waals surface area contributed by atoms with Crippen LogP contribution in [0.5, 0.6) is 0 Å². The molecule has 0 fully saturated rings. The first-order chi connectivity index (χ1) is 23.1. The highest BCUT2D eigenvalue weighted by molar-refractivity contribution is 7.24. The zero-order chi connectivity index (χ0) is 32.6. The molecule has 0 N–H and O–H groups in total. The monoisotopic (exact) mass is 716 g/mol. The fourth-order valence-electron chi connectivity index (χ4n) is 6.48. The maximum Gasteiger partial charge on any atom is 0.114 e. The molecule has 2 nitrogen and oxygen atoms in total. The molecular formula is C40H48N2S5. The van der Waals surface area contributed by atoms with Crippen LogP contribution in [-0.4, -0.2) is 8.75 Å². The lowest BCUT2D eigenvalue weighted by atomic mass is 10.0. The Hall–Kier alpha value is -2.16. The third-order valence-corrected chi connectivity index (χ3v) is 14.4. The molecule has 47 heavy (non-hydrogen) atoms. The van der Waals surface area contributed by atoms with Crippen molar-refractivity contribution in [2.75, 3.05) is 0 Å². The van der Waals surface area contributed by atoms with Crippen LogP contribution >= 0.6 is 57.1 Å². The van der Waals surface area contributed by atoms with Gasteiger partial charge >= 0.3 is 0 Å². The van der Waals surface area contributed by atoms with Gasteiger partial charge in [0.05, 0.1) is 11.7 Å². The minimum atomic E-state index is 1.05. The van der Waals surface area contributed by atoms with Gasteiger partial charge in [0.25, 0.3) is 0 Å². The Bertz CT molecular complexity index is 1730. The second-order valence-corrected chi connectivity index (χ2v) is 18.1. The van der Waals surface area contributed by atoms with Crippen molar-refractivity contribution in [3.63, 3.8) is 0 Å². The van der Waals surface area contributed by atoms with Gasteiger partial charge in [0.1, 0.15) is 11.0 Å². The number of nitrogens with zero attached hydrogens (tertiary/aromatic N) is 2. The van der Waals surface area contributed by atoms with Gasteiger partial charge in [0, 0.05) is 50.1 Å². The Morgan fingerprint density at radius 2 is 0.894 bits per heavy atom. The highest BCUT2D eigenvalue weighted by atomic mass is 32.1. The maximum absolute atomic E-state index is 4.92. The molecule has 0 bridgehead atoms. The third-order valence-electron chi connectivity index (χ3n) is 9.09. The van der Waals surface area contributed by atoms with Crippen LogP contribution in [0.15, 0.2) is 48.5 Å². The van der Waals surface area contributed by atoms with Crippen molar-refractivity contribution in [1.82, 2.24) is 8.75 Å². The lowest BCUT2D eigenvalue weighted by Crippen LogP contribution is -1.86. The molecule has 248 valence electrons. The van der Waals surface area contributed by atoms with E-state index < -0.39 is 0 Å². The number of hydrogen-bond acceptors (Lipinski definition) is 7. The van der Waals surface area contributed by atoms with E-state index in [1.165, 1.54) is 150 Å². The summed E-state index contributed by atoms with van der Waals surface area (Å²) in [4.78, 5) is 11.1. The fourth-order valence-corrected chi connectivity index (χ4v) is 11.6. The molecule has 0 aliphatic carbocycles. The van der Waals surface area contributed by atoms with E-state index >= 15 is 0 Å². The summed E-state index contributed by atoms with van der Waals surface area (Å²) in [5.74, 6) is 0. The van der Waals surface area contributed by atoms with Crippen LogP contribution in [0.4, 0.5) is 0 Å². The van der Waals surface area contributed by atoms with Crippen LogP contribution in [-0.2, 0) is 12.8 Å². The van der Waals surface area contributed by atoms with E-state index in [-0.39, 0.29) is 0 Å². The predicted octanol–water partition coefficient (Wildman–Crippen LogP) is 15.0. The van der Waals surface area contributed by atoms with Crippen LogP contribution < -0.4 is 0 Å². The predicted molar refractivity (Wildman–Crippen MR) is 214 cm³/mol. The van der Waals surface area contributed by atoms with Gasteiger partial charge in [0.2, 0.25) is 0 Å². The Kier molecular flexibility index (Phi) is 12.5. The first kappa shape index (κ1) is 34.7. The van der Waals surface area contributed by atoms with Gasteiger partial charge in [-0.05, 0) is 87.1 Å². The zero-order valence-corrected chi connectivity index (χ0v) is 32.5. The number of benzene rings is 1. The number of rotatable bonds is 18. The van der Waals surface area contributed by atoms with Crippen LogP contribution in [0.25, 0.3) is 51.4 Å². The maximum atomic E-state index is 4.92. The summed E-state index contributed by atoms with van der Waals surface area (Å²) in [6.45, 7) is 9.02. The Morgan fingerprint density at radius 1 is 0.468 bits per heavy atom. The molecule has 5 heterocycles. The Balaban J connectivity index is 1.30. The summed E-state index contributed by atoms with van der Waals surface area (Å²) < 4.78 is 9.85. The van der Waals surface area contributed by atoms with Gasteiger partial charge in [-0.3, -0.25) is 0 Å². The average Bonchev–Trinajstić information content (AvgIpc) is 3.91. The number of unbranched alkanes of at least 4 members (excludes halogenated alkanes) is 10. The van der Waals surface area contributed by atoms with E-state index in [9.17, 15) is 0 Å². The second kappa shape index (κ2) is 17.0. The van der Waals surface area contributed by atoms with E-state index in [4.69, 9.17) is 8.75 Å². The van der Waals surface area contributed by atoms with Gasteiger partial charge in [-0.2, -0.15) is 8.75 Å². The minimum Gasteiger partial charge on any atom is -0.172 e. The fraction of sp³-hybridized carbons (Fsp3) is 0.450. The Morgan fingerprint density at radius 3 is 1.30 bits per heavy atom. The molecule has 0 aliphatic heterocycles. The molecular weight excluding hydrogens is 669 g/mol. The van der Waals surface area contributed by atoms with Gasteiger partial charge in [-0.25, -0.2) is 0 Å². The first-order valence-corrected chi connectivity index (χ1v) is 21.7. The van der Waals surface area contributed by atoms with Crippen molar-refractivity contribution >= 4 is 68.1 Å². The van der Waals surface area contributed by atoms with Crippen molar-refractivity contribution in [2.45, 2.75) is 118 Å². The van der Waals surface area contributed by atoms with E-state index in [0.29, 0.717) is 0 Å². The molecule has 7 heteroatoms. The molecule has 0 amide bonds. The number of aryl methyl sites for hydroxylation is 4. The van der Waals surface area contributed by atoms with Gasteiger partial charge in [-0.1, -0.05) is 90.2 Å². The van der Waals surface area contributed by atoms with E-state index in [1.54, 1.807) is 0 Å². The number of fused-ring (bicyclic) bond motifs is 1. The molecule has 0 atom stereocenters. The summed E-state index contributed by atoms with van der Waals surface area (Å²) >= 11 is 9.08. The number of hydrogen-bond donors (Lipinski definition) is 0. The Labute approximate surface area is 302 Å². The topological polar surface area (TPSA) is 25.8 Å². The van der Waals surface area contributed by atoms with E-state index in [2.05, 4.69) is 76.2 Å². The molecule has 0 aliphatic rings. The first-order valence-electron chi connectivity index (χ1n) is 17.7. The molecule has 0 radical (unpaired) electrons. The van der Waals surface area contributed by atoms with Crippen molar-refractivity contribution in [3.05, 3.63) is 69.4 Å².